The molecular weight excluding hydrogens is 448 g/mol. The average Bonchev–Trinajstić information content (AvgIpc) is 3.10. The van der Waals surface area contributed by atoms with E-state index in [9.17, 15) is 18.0 Å². The first-order chi connectivity index (χ1) is 15.8. The van der Waals surface area contributed by atoms with Crippen LogP contribution in [0, 0.1) is 0 Å². The van der Waals surface area contributed by atoms with Crippen molar-refractivity contribution in [2.75, 3.05) is 31.6 Å². The summed E-state index contributed by atoms with van der Waals surface area (Å²) in [5.41, 5.74) is 1.33. The number of morpholine rings is 1. The SMILES string of the molecule is CC(C)Oc1ccc(S(=O)(=O)N2CCOCC2)cc1NC(=O)C[C@@H]1OC(=O)c2ccccc21. The van der Waals surface area contributed by atoms with Crippen LogP contribution >= 0.6 is 0 Å². The maximum absolute atomic E-state index is 13.1. The molecule has 0 unspecified atom stereocenters. The normalized spacial score (nSPS) is 18.6. The molecule has 1 fully saturated rings. The van der Waals surface area contributed by atoms with Gasteiger partial charge in [0.05, 0.1) is 41.9 Å². The Bertz CT molecular complexity index is 1160. The monoisotopic (exact) mass is 474 g/mol. The van der Waals surface area contributed by atoms with Gasteiger partial charge in [0.1, 0.15) is 11.9 Å². The van der Waals surface area contributed by atoms with Gasteiger partial charge in [0.15, 0.2) is 0 Å². The maximum atomic E-state index is 13.1. The first kappa shape index (κ1) is 23.2. The number of sulfonamides is 1. The fourth-order valence-electron chi connectivity index (χ4n) is 3.80. The number of nitrogens with one attached hydrogen (secondary N) is 1. The van der Waals surface area contributed by atoms with Crippen LogP contribution in [0.5, 0.6) is 5.75 Å². The molecule has 9 nitrogen and oxygen atoms in total. The van der Waals surface area contributed by atoms with Gasteiger partial charge in [0, 0.05) is 18.7 Å². The Balaban J connectivity index is 1.57. The maximum Gasteiger partial charge on any atom is 0.339 e. The number of hydrogen-bond donors (Lipinski definition) is 1. The minimum Gasteiger partial charge on any atom is -0.489 e. The summed E-state index contributed by atoms with van der Waals surface area (Å²) in [6, 6.07) is 11.3. The summed E-state index contributed by atoms with van der Waals surface area (Å²) in [5, 5.41) is 2.74. The number of esters is 1. The zero-order chi connectivity index (χ0) is 23.6. The third-order valence-corrected chi connectivity index (χ3v) is 7.24. The fourth-order valence-corrected chi connectivity index (χ4v) is 5.24. The van der Waals surface area contributed by atoms with Gasteiger partial charge in [-0.3, -0.25) is 4.79 Å². The Morgan fingerprint density at radius 3 is 2.64 bits per heavy atom. The lowest BCUT2D eigenvalue weighted by molar-refractivity contribution is -0.118. The average molecular weight is 475 g/mol. The van der Waals surface area contributed by atoms with Crippen LogP contribution in [-0.4, -0.2) is 57.0 Å². The number of hydrogen-bond acceptors (Lipinski definition) is 7. The molecule has 1 atom stereocenters. The fraction of sp³-hybridized carbons (Fsp3) is 0.391. The van der Waals surface area contributed by atoms with Crippen LogP contribution in [0.3, 0.4) is 0 Å². The van der Waals surface area contributed by atoms with Crippen molar-refractivity contribution in [2.24, 2.45) is 0 Å². The van der Waals surface area contributed by atoms with Gasteiger partial charge in [-0.25, -0.2) is 13.2 Å². The summed E-state index contributed by atoms with van der Waals surface area (Å²) >= 11 is 0. The Hall–Kier alpha value is -2.95. The van der Waals surface area contributed by atoms with E-state index in [1.165, 1.54) is 22.5 Å². The molecule has 176 valence electrons. The Morgan fingerprint density at radius 1 is 1.18 bits per heavy atom. The van der Waals surface area contributed by atoms with Crippen molar-refractivity contribution in [3.8, 4) is 5.75 Å². The second kappa shape index (κ2) is 9.50. The van der Waals surface area contributed by atoms with Crippen LogP contribution in [0.4, 0.5) is 5.69 Å². The molecule has 2 heterocycles. The summed E-state index contributed by atoms with van der Waals surface area (Å²) in [5.74, 6) is -0.548. The highest BCUT2D eigenvalue weighted by molar-refractivity contribution is 7.89. The van der Waals surface area contributed by atoms with Crippen LogP contribution in [-0.2, 0) is 24.3 Å². The molecule has 2 aliphatic rings. The van der Waals surface area contributed by atoms with Crippen molar-refractivity contribution in [3.63, 3.8) is 0 Å². The standard InChI is InChI=1S/C23H26N2O7S/c1-15(2)31-20-8-7-16(33(28,29)25-9-11-30-12-10-25)13-19(20)24-22(26)14-21-17-5-3-4-6-18(17)23(27)32-21/h3-8,13,15,21H,9-12,14H2,1-2H3,(H,24,26)/t21-/m0/s1. The van der Waals surface area contributed by atoms with Crippen molar-refractivity contribution >= 4 is 27.6 Å². The van der Waals surface area contributed by atoms with E-state index >= 15 is 0 Å². The molecule has 0 bridgehead atoms. The summed E-state index contributed by atoms with van der Waals surface area (Å²) in [6.07, 6.45) is -1.00. The van der Waals surface area contributed by atoms with Crippen molar-refractivity contribution in [1.29, 1.82) is 0 Å². The predicted octanol–water partition coefficient (Wildman–Crippen LogP) is 2.74. The Morgan fingerprint density at radius 2 is 1.91 bits per heavy atom. The van der Waals surface area contributed by atoms with Gasteiger partial charge in [-0.15, -0.1) is 0 Å². The minimum atomic E-state index is -3.76. The van der Waals surface area contributed by atoms with E-state index in [0.717, 1.165) is 0 Å². The van der Waals surface area contributed by atoms with Gasteiger partial charge in [-0.2, -0.15) is 4.31 Å². The predicted molar refractivity (Wildman–Crippen MR) is 120 cm³/mol. The zero-order valence-electron chi connectivity index (χ0n) is 18.4. The van der Waals surface area contributed by atoms with E-state index in [2.05, 4.69) is 5.32 Å². The number of rotatable bonds is 7. The van der Waals surface area contributed by atoms with Gasteiger partial charge in [-0.1, -0.05) is 18.2 Å². The number of carbonyl (C=O) groups excluding carboxylic acids is 2. The van der Waals surface area contributed by atoms with Crippen molar-refractivity contribution < 1.29 is 32.2 Å². The highest BCUT2D eigenvalue weighted by Crippen LogP contribution is 2.34. The van der Waals surface area contributed by atoms with E-state index in [1.807, 2.05) is 13.8 Å². The molecule has 2 aliphatic heterocycles. The number of anilines is 1. The number of benzene rings is 2. The van der Waals surface area contributed by atoms with Gasteiger partial charge in [-0.05, 0) is 38.1 Å². The summed E-state index contributed by atoms with van der Waals surface area (Å²) in [6.45, 7) is 4.86. The van der Waals surface area contributed by atoms with Gasteiger partial charge < -0.3 is 19.5 Å². The third-order valence-electron chi connectivity index (χ3n) is 5.34. The van der Waals surface area contributed by atoms with E-state index in [1.54, 1.807) is 24.3 Å². The second-order valence-corrected chi connectivity index (χ2v) is 10.0. The second-order valence-electron chi connectivity index (χ2n) is 8.07. The number of nitrogens with zero attached hydrogens (tertiary/aromatic N) is 1. The summed E-state index contributed by atoms with van der Waals surface area (Å²) < 4.78 is 43.9. The van der Waals surface area contributed by atoms with E-state index < -0.39 is 28.0 Å². The molecule has 1 N–H and O–H groups in total. The number of carbonyl (C=O) groups is 2. The molecule has 0 radical (unpaired) electrons. The molecule has 10 heteroatoms. The van der Waals surface area contributed by atoms with Crippen LogP contribution in [0.1, 0.15) is 42.3 Å². The molecule has 4 rings (SSSR count). The smallest absolute Gasteiger partial charge is 0.339 e. The molecule has 2 aromatic rings. The van der Waals surface area contributed by atoms with Gasteiger partial charge in [0.25, 0.3) is 0 Å². The lowest BCUT2D eigenvalue weighted by Gasteiger charge is -2.26. The van der Waals surface area contributed by atoms with Crippen LogP contribution < -0.4 is 10.1 Å². The van der Waals surface area contributed by atoms with Gasteiger partial charge >= 0.3 is 5.97 Å². The third kappa shape index (κ3) is 5.02. The van der Waals surface area contributed by atoms with Crippen molar-refractivity contribution in [2.45, 2.75) is 37.4 Å². The van der Waals surface area contributed by atoms with E-state index in [4.69, 9.17) is 14.2 Å². The topological polar surface area (TPSA) is 111 Å². The summed E-state index contributed by atoms with van der Waals surface area (Å²) in [4.78, 5) is 24.9. The van der Waals surface area contributed by atoms with Crippen molar-refractivity contribution in [3.05, 3.63) is 53.6 Å². The summed E-state index contributed by atoms with van der Waals surface area (Å²) in [7, 11) is -3.76. The first-order valence-electron chi connectivity index (χ1n) is 10.7. The molecule has 0 aromatic heterocycles. The molecule has 0 aliphatic carbocycles. The zero-order valence-corrected chi connectivity index (χ0v) is 19.3. The largest absolute Gasteiger partial charge is 0.489 e. The molecule has 2 aromatic carbocycles. The van der Waals surface area contributed by atoms with E-state index in [-0.39, 0.29) is 36.2 Å². The number of cyclic esters (lactones) is 1. The lowest BCUT2D eigenvalue weighted by atomic mass is 10.0. The minimum absolute atomic E-state index is 0.0495. The molecule has 0 saturated carbocycles. The molecule has 0 spiro atoms. The Kier molecular flexibility index (Phi) is 6.68. The number of ether oxygens (including phenoxy) is 3. The van der Waals surface area contributed by atoms with Crippen molar-refractivity contribution in [1.82, 2.24) is 4.31 Å². The number of fused-ring (bicyclic) bond motifs is 1. The van der Waals surface area contributed by atoms with Gasteiger partial charge in [0.2, 0.25) is 15.9 Å². The highest BCUT2D eigenvalue weighted by Gasteiger charge is 2.32. The quantitative estimate of drug-likeness (QED) is 0.614. The van der Waals surface area contributed by atoms with Crippen LogP contribution in [0.15, 0.2) is 47.4 Å². The highest BCUT2D eigenvalue weighted by atomic mass is 32.2. The molecular formula is C23H26N2O7S. The van der Waals surface area contributed by atoms with E-state index in [0.29, 0.717) is 30.1 Å². The Labute approximate surface area is 192 Å². The van der Waals surface area contributed by atoms with Crippen LogP contribution in [0.2, 0.25) is 0 Å². The van der Waals surface area contributed by atoms with Crippen LogP contribution in [0.25, 0.3) is 0 Å². The molecule has 33 heavy (non-hydrogen) atoms. The number of amides is 1. The molecule has 1 amide bonds. The lowest BCUT2D eigenvalue weighted by Crippen LogP contribution is -2.40. The first-order valence-corrected chi connectivity index (χ1v) is 12.2. The molecule has 1 saturated heterocycles.